The van der Waals surface area contributed by atoms with E-state index < -0.39 is 16.6 Å². The van der Waals surface area contributed by atoms with Crippen molar-refractivity contribution in [1.29, 1.82) is 0 Å². The van der Waals surface area contributed by atoms with Crippen molar-refractivity contribution in [2.45, 2.75) is 26.2 Å². The van der Waals surface area contributed by atoms with Crippen LogP contribution in [0.3, 0.4) is 0 Å². The van der Waals surface area contributed by atoms with Gasteiger partial charge >= 0.3 is 11.7 Å². The van der Waals surface area contributed by atoms with Gasteiger partial charge < -0.3 is 9.84 Å². The van der Waals surface area contributed by atoms with Crippen molar-refractivity contribution in [3.63, 3.8) is 0 Å². The number of nitrogens with zero attached hydrogens (tertiary/aromatic N) is 2. The zero-order chi connectivity index (χ0) is 13.5. The summed E-state index contributed by atoms with van der Waals surface area (Å²) >= 11 is 0. The molecule has 0 fully saturated rings. The Morgan fingerprint density at radius 2 is 2.28 bits per heavy atom. The second-order valence-corrected chi connectivity index (χ2v) is 3.67. The molecule has 1 aromatic rings. The highest BCUT2D eigenvalue weighted by atomic mass is 16.6. The van der Waals surface area contributed by atoms with E-state index in [1.807, 2.05) is 6.92 Å². The number of rotatable bonds is 7. The highest BCUT2D eigenvalue weighted by molar-refractivity contribution is 5.88. The number of carboxylic acids is 1. The SMILES string of the molecule is CCCCCOc1ncc(C(=O)O)cc1[N+](=O)[O-]. The predicted molar refractivity (Wildman–Crippen MR) is 62.9 cm³/mol. The van der Waals surface area contributed by atoms with Crippen molar-refractivity contribution >= 4 is 11.7 Å². The number of nitro groups is 1. The molecule has 0 saturated heterocycles. The molecule has 1 heterocycles. The number of carbonyl (C=O) groups is 1. The standard InChI is InChI=1S/C11H14N2O5/c1-2-3-4-5-18-10-9(13(16)17)6-8(7-12-10)11(14)15/h6-7H,2-5H2,1H3,(H,14,15). The van der Waals surface area contributed by atoms with Gasteiger partial charge in [0.2, 0.25) is 0 Å². The van der Waals surface area contributed by atoms with Crippen molar-refractivity contribution in [1.82, 2.24) is 4.98 Å². The molecule has 0 aliphatic heterocycles. The Bertz CT molecular complexity index is 447. The molecule has 1 N–H and O–H groups in total. The zero-order valence-electron chi connectivity index (χ0n) is 9.96. The number of aromatic nitrogens is 1. The van der Waals surface area contributed by atoms with E-state index >= 15 is 0 Å². The monoisotopic (exact) mass is 254 g/mol. The molecule has 0 bridgehead atoms. The fraction of sp³-hybridized carbons (Fsp3) is 0.455. The molecule has 0 amide bonds. The van der Waals surface area contributed by atoms with Crippen LogP contribution in [0, 0.1) is 10.1 Å². The largest absolute Gasteiger partial charge is 0.478 e. The summed E-state index contributed by atoms with van der Waals surface area (Å²) in [6.07, 6.45) is 3.79. The van der Waals surface area contributed by atoms with Crippen LogP contribution in [-0.4, -0.2) is 27.6 Å². The Labute approximate surface area is 104 Å². The van der Waals surface area contributed by atoms with Gasteiger partial charge in [-0.2, -0.15) is 0 Å². The molecule has 0 saturated carbocycles. The lowest BCUT2D eigenvalue weighted by Gasteiger charge is -2.05. The van der Waals surface area contributed by atoms with Crippen LogP contribution in [0.15, 0.2) is 12.3 Å². The topological polar surface area (TPSA) is 103 Å². The van der Waals surface area contributed by atoms with Gasteiger partial charge in [0.25, 0.3) is 5.88 Å². The molecule has 7 heteroatoms. The zero-order valence-corrected chi connectivity index (χ0v) is 9.96. The maximum Gasteiger partial charge on any atom is 0.337 e. The second-order valence-electron chi connectivity index (χ2n) is 3.67. The van der Waals surface area contributed by atoms with Crippen LogP contribution in [0.2, 0.25) is 0 Å². The van der Waals surface area contributed by atoms with E-state index in [2.05, 4.69) is 4.98 Å². The molecular weight excluding hydrogens is 240 g/mol. The summed E-state index contributed by atoms with van der Waals surface area (Å²) in [6.45, 7) is 2.36. The first kappa shape index (κ1) is 13.9. The number of pyridine rings is 1. The molecule has 18 heavy (non-hydrogen) atoms. The van der Waals surface area contributed by atoms with Crippen LogP contribution in [0.1, 0.15) is 36.5 Å². The number of unbranched alkanes of at least 4 members (excludes halogenated alkanes) is 2. The lowest BCUT2D eigenvalue weighted by atomic mass is 10.2. The second kappa shape index (κ2) is 6.53. The average molecular weight is 254 g/mol. The molecule has 7 nitrogen and oxygen atoms in total. The third kappa shape index (κ3) is 3.69. The normalized spacial score (nSPS) is 10.1. The van der Waals surface area contributed by atoms with Gasteiger partial charge in [0, 0.05) is 12.3 Å². The Balaban J connectivity index is 2.83. The van der Waals surface area contributed by atoms with Gasteiger partial charge in [-0.25, -0.2) is 9.78 Å². The summed E-state index contributed by atoms with van der Waals surface area (Å²) < 4.78 is 5.19. The highest BCUT2D eigenvalue weighted by Gasteiger charge is 2.20. The van der Waals surface area contributed by atoms with Crippen molar-refractivity contribution in [2.75, 3.05) is 6.61 Å². The van der Waals surface area contributed by atoms with Crippen LogP contribution in [0.25, 0.3) is 0 Å². The molecule has 1 rings (SSSR count). The minimum atomic E-state index is -1.26. The minimum Gasteiger partial charge on any atom is -0.478 e. The summed E-state index contributed by atoms with van der Waals surface area (Å²) in [6, 6.07) is 0.949. The first-order chi connectivity index (χ1) is 8.56. The number of aromatic carboxylic acids is 1. The van der Waals surface area contributed by atoms with Crippen LogP contribution in [0.5, 0.6) is 5.88 Å². The quantitative estimate of drug-likeness (QED) is 0.454. The van der Waals surface area contributed by atoms with E-state index in [1.165, 1.54) is 0 Å². The molecule has 0 unspecified atom stereocenters. The van der Waals surface area contributed by atoms with Gasteiger partial charge in [-0.15, -0.1) is 0 Å². The number of ether oxygens (including phenoxy) is 1. The highest BCUT2D eigenvalue weighted by Crippen LogP contribution is 2.25. The Morgan fingerprint density at radius 1 is 1.56 bits per heavy atom. The molecule has 0 aromatic carbocycles. The van der Waals surface area contributed by atoms with E-state index in [4.69, 9.17) is 9.84 Å². The van der Waals surface area contributed by atoms with Crippen LogP contribution < -0.4 is 4.74 Å². The van der Waals surface area contributed by atoms with Crippen molar-refractivity contribution in [3.8, 4) is 5.88 Å². The molecule has 0 aliphatic carbocycles. The average Bonchev–Trinajstić information content (AvgIpc) is 2.34. The number of carboxylic acid groups (broad SMARTS) is 1. The van der Waals surface area contributed by atoms with Gasteiger partial charge in [0.1, 0.15) is 0 Å². The van der Waals surface area contributed by atoms with E-state index in [-0.39, 0.29) is 11.4 Å². The summed E-state index contributed by atoms with van der Waals surface area (Å²) in [5, 5.41) is 19.5. The smallest absolute Gasteiger partial charge is 0.337 e. The molecule has 98 valence electrons. The van der Waals surface area contributed by atoms with E-state index in [9.17, 15) is 14.9 Å². The van der Waals surface area contributed by atoms with Gasteiger partial charge in [0.15, 0.2) is 0 Å². The summed E-state index contributed by atoms with van der Waals surface area (Å²) in [5.41, 5.74) is -0.658. The summed E-state index contributed by atoms with van der Waals surface area (Å²) in [5.74, 6) is -1.40. The van der Waals surface area contributed by atoms with Gasteiger partial charge in [-0.1, -0.05) is 19.8 Å². The van der Waals surface area contributed by atoms with Gasteiger partial charge in [0.05, 0.1) is 17.1 Å². The van der Waals surface area contributed by atoms with E-state index in [1.54, 1.807) is 0 Å². The van der Waals surface area contributed by atoms with Crippen molar-refractivity contribution in [2.24, 2.45) is 0 Å². The summed E-state index contributed by atoms with van der Waals surface area (Å²) in [7, 11) is 0. The van der Waals surface area contributed by atoms with Crippen molar-refractivity contribution in [3.05, 3.63) is 27.9 Å². The van der Waals surface area contributed by atoms with Gasteiger partial charge in [-0.05, 0) is 6.42 Å². The molecular formula is C11H14N2O5. The fourth-order valence-electron chi connectivity index (χ4n) is 1.32. The predicted octanol–water partition coefficient (Wildman–Crippen LogP) is 2.26. The molecule has 0 radical (unpaired) electrons. The molecule has 0 atom stereocenters. The van der Waals surface area contributed by atoms with Crippen LogP contribution in [0.4, 0.5) is 5.69 Å². The van der Waals surface area contributed by atoms with E-state index in [0.29, 0.717) is 6.61 Å². The first-order valence-corrected chi connectivity index (χ1v) is 5.56. The number of hydrogen-bond acceptors (Lipinski definition) is 5. The first-order valence-electron chi connectivity index (χ1n) is 5.56. The third-order valence-corrected chi connectivity index (χ3v) is 2.26. The molecule has 0 aliphatic rings. The lowest BCUT2D eigenvalue weighted by Crippen LogP contribution is -2.05. The third-order valence-electron chi connectivity index (χ3n) is 2.26. The van der Waals surface area contributed by atoms with Crippen molar-refractivity contribution < 1.29 is 19.6 Å². The lowest BCUT2D eigenvalue weighted by molar-refractivity contribution is -0.386. The number of hydrogen-bond donors (Lipinski definition) is 1. The van der Waals surface area contributed by atoms with Crippen LogP contribution in [-0.2, 0) is 0 Å². The van der Waals surface area contributed by atoms with Gasteiger partial charge in [-0.3, -0.25) is 10.1 Å². The molecule has 0 spiro atoms. The molecule has 1 aromatic heterocycles. The maximum atomic E-state index is 10.8. The minimum absolute atomic E-state index is 0.138. The maximum absolute atomic E-state index is 10.8. The Morgan fingerprint density at radius 3 is 2.83 bits per heavy atom. The van der Waals surface area contributed by atoms with Crippen LogP contribution >= 0.6 is 0 Å². The fourth-order valence-corrected chi connectivity index (χ4v) is 1.32. The Kier molecular flexibility index (Phi) is 5.04. The van der Waals surface area contributed by atoms with E-state index in [0.717, 1.165) is 31.5 Å². The summed E-state index contributed by atoms with van der Waals surface area (Å²) in [4.78, 5) is 24.4. The Hall–Kier alpha value is -2.18.